The third-order valence-corrected chi connectivity index (χ3v) is 3.72. The van der Waals surface area contributed by atoms with Gasteiger partial charge in [0.1, 0.15) is 10.3 Å². The molecular formula is C13H12BrFN2O. The maximum atomic E-state index is 13.2. The van der Waals surface area contributed by atoms with Crippen LogP contribution in [-0.4, -0.2) is 9.55 Å². The van der Waals surface area contributed by atoms with Crippen molar-refractivity contribution in [2.75, 3.05) is 0 Å². The first kappa shape index (κ1) is 13.0. The summed E-state index contributed by atoms with van der Waals surface area (Å²) in [5.74, 6) is -0.303. The van der Waals surface area contributed by atoms with Crippen LogP contribution in [0.1, 0.15) is 16.8 Å². The summed E-state index contributed by atoms with van der Waals surface area (Å²) in [6.45, 7) is 3.95. The Morgan fingerprint density at radius 3 is 2.83 bits per heavy atom. The number of hydrogen-bond acceptors (Lipinski definition) is 2. The van der Waals surface area contributed by atoms with Gasteiger partial charge in [-0.05, 0) is 53.0 Å². The Morgan fingerprint density at radius 2 is 2.11 bits per heavy atom. The highest BCUT2D eigenvalue weighted by molar-refractivity contribution is 9.10. The standard InChI is InChI=1S/C13H12BrFN2O/c1-8-3-4-11(15)5-10(8)6-17-7-16-9(2)12(14)13(17)18/h3-5,7H,6H2,1-2H3. The van der Waals surface area contributed by atoms with Crippen molar-refractivity contribution in [2.24, 2.45) is 0 Å². The molecule has 0 amide bonds. The van der Waals surface area contributed by atoms with E-state index < -0.39 is 0 Å². The molecule has 0 aliphatic rings. The molecule has 0 radical (unpaired) electrons. The van der Waals surface area contributed by atoms with Crippen molar-refractivity contribution >= 4 is 15.9 Å². The van der Waals surface area contributed by atoms with Gasteiger partial charge in [-0.2, -0.15) is 0 Å². The summed E-state index contributed by atoms with van der Waals surface area (Å²) in [7, 11) is 0. The lowest BCUT2D eigenvalue weighted by molar-refractivity contribution is 0.621. The lowest BCUT2D eigenvalue weighted by Crippen LogP contribution is -2.23. The minimum atomic E-state index is -0.303. The van der Waals surface area contributed by atoms with E-state index in [0.29, 0.717) is 16.7 Å². The molecule has 3 nitrogen and oxygen atoms in total. The molecule has 0 N–H and O–H groups in total. The number of hydrogen-bond donors (Lipinski definition) is 0. The fourth-order valence-electron chi connectivity index (χ4n) is 1.65. The van der Waals surface area contributed by atoms with Crippen LogP contribution in [0.15, 0.2) is 33.8 Å². The van der Waals surface area contributed by atoms with E-state index in [9.17, 15) is 9.18 Å². The summed E-state index contributed by atoms with van der Waals surface area (Å²) in [4.78, 5) is 16.1. The zero-order valence-electron chi connectivity index (χ0n) is 10.1. The van der Waals surface area contributed by atoms with Crippen LogP contribution in [0.3, 0.4) is 0 Å². The van der Waals surface area contributed by atoms with Crippen LogP contribution in [0.5, 0.6) is 0 Å². The second kappa shape index (κ2) is 5.02. The van der Waals surface area contributed by atoms with Gasteiger partial charge in [0.25, 0.3) is 5.56 Å². The molecule has 1 aromatic heterocycles. The number of rotatable bonds is 2. The number of aryl methyl sites for hydroxylation is 2. The summed E-state index contributed by atoms with van der Waals surface area (Å²) in [5.41, 5.74) is 2.20. The van der Waals surface area contributed by atoms with Gasteiger partial charge >= 0.3 is 0 Å². The Bertz CT molecular complexity index is 652. The first-order valence-corrected chi connectivity index (χ1v) is 6.25. The van der Waals surface area contributed by atoms with Crippen molar-refractivity contribution in [3.05, 3.63) is 62.0 Å². The monoisotopic (exact) mass is 310 g/mol. The van der Waals surface area contributed by atoms with Gasteiger partial charge in [-0.15, -0.1) is 0 Å². The third kappa shape index (κ3) is 2.51. The van der Waals surface area contributed by atoms with Crippen molar-refractivity contribution in [1.82, 2.24) is 9.55 Å². The maximum absolute atomic E-state index is 13.2. The second-order valence-electron chi connectivity index (χ2n) is 4.15. The molecule has 0 unspecified atom stereocenters. The molecule has 0 aliphatic carbocycles. The summed E-state index contributed by atoms with van der Waals surface area (Å²) >= 11 is 3.21. The molecule has 0 saturated heterocycles. The molecule has 0 saturated carbocycles. The number of aromatic nitrogens is 2. The van der Waals surface area contributed by atoms with Crippen LogP contribution in [0, 0.1) is 19.7 Å². The zero-order chi connectivity index (χ0) is 13.3. The molecule has 1 heterocycles. The van der Waals surface area contributed by atoms with Crippen LogP contribution in [0.25, 0.3) is 0 Å². The second-order valence-corrected chi connectivity index (χ2v) is 4.94. The van der Waals surface area contributed by atoms with E-state index in [4.69, 9.17) is 0 Å². The van der Waals surface area contributed by atoms with Gasteiger partial charge in [0, 0.05) is 0 Å². The number of nitrogens with zero attached hydrogens (tertiary/aromatic N) is 2. The van der Waals surface area contributed by atoms with Gasteiger partial charge in [0.05, 0.1) is 18.6 Å². The summed E-state index contributed by atoms with van der Waals surface area (Å²) in [6, 6.07) is 4.55. The van der Waals surface area contributed by atoms with Gasteiger partial charge < -0.3 is 0 Å². The molecule has 18 heavy (non-hydrogen) atoms. The quantitative estimate of drug-likeness (QED) is 0.855. The van der Waals surface area contributed by atoms with E-state index >= 15 is 0 Å². The Hall–Kier alpha value is -1.49. The molecule has 94 valence electrons. The SMILES string of the molecule is Cc1ccc(F)cc1Cn1cnc(C)c(Br)c1=O. The lowest BCUT2D eigenvalue weighted by atomic mass is 10.1. The van der Waals surface area contributed by atoms with E-state index in [1.807, 2.05) is 6.92 Å². The first-order chi connectivity index (χ1) is 8.49. The van der Waals surface area contributed by atoms with Crippen LogP contribution in [0.2, 0.25) is 0 Å². The van der Waals surface area contributed by atoms with Crippen molar-refractivity contribution in [3.8, 4) is 0 Å². The zero-order valence-corrected chi connectivity index (χ0v) is 11.7. The van der Waals surface area contributed by atoms with E-state index in [-0.39, 0.29) is 11.4 Å². The van der Waals surface area contributed by atoms with Gasteiger partial charge in [0.15, 0.2) is 0 Å². The number of halogens is 2. The fraction of sp³-hybridized carbons (Fsp3) is 0.231. The first-order valence-electron chi connectivity index (χ1n) is 5.45. The Kier molecular flexibility index (Phi) is 3.61. The van der Waals surface area contributed by atoms with Crippen molar-refractivity contribution in [1.29, 1.82) is 0 Å². The lowest BCUT2D eigenvalue weighted by Gasteiger charge is -2.09. The molecule has 2 aromatic rings. The minimum absolute atomic E-state index is 0.161. The highest BCUT2D eigenvalue weighted by atomic mass is 79.9. The van der Waals surface area contributed by atoms with Crippen LogP contribution in [-0.2, 0) is 6.54 Å². The molecule has 5 heteroatoms. The highest BCUT2D eigenvalue weighted by Gasteiger charge is 2.07. The number of benzene rings is 1. The smallest absolute Gasteiger partial charge is 0.268 e. The Morgan fingerprint density at radius 1 is 1.39 bits per heavy atom. The van der Waals surface area contributed by atoms with Gasteiger partial charge in [-0.3, -0.25) is 9.36 Å². The molecule has 2 rings (SSSR count). The molecule has 1 aromatic carbocycles. The summed E-state index contributed by atoms with van der Waals surface area (Å²) in [6.07, 6.45) is 1.48. The van der Waals surface area contributed by atoms with Crippen molar-refractivity contribution in [2.45, 2.75) is 20.4 Å². The predicted molar refractivity (Wildman–Crippen MR) is 71.2 cm³/mol. The van der Waals surface area contributed by atoms with Crippen molar-refractivity contribution < 1.29 is 4.39 Å². The Labute approximate surface area is 112 Å². The minimum Gasteiger partial charge on any atom is -0.294 e. The fourth-order valence-corrected chi connectivity index (χ4v) is 1.98. The van der Waals surface area contributed by atoms with Crippen LogP contribution >= 0.6 is 15.9 Å². The van der Waals surface area contributed by atoms with E-state index in [2.05, 4.69) is 20.9 Å². The largest absolute Gasteiger partial charge is 0.294 e. The molecule has 0 fully saturated rings. The average molecular weight is 311 g/mol. The maximum Gasteiger partial charge on any atom is 0.268 e. The van der Waals surface area contributed by atoms with Crippen LogP contribution < -0.4 is 5.56 Å². The predicted octanol–water partition coefficient (Wildman–Crippen LogP) is 2.81. The molecule has 0 atom stereocenters. The molecular weight excluding hydrogens is 299 g/mol. The average Bonchev–Trinajstić information content (AvgIpc) is 2.34. The van der Waals surface area contributed by atoms with Crippen LogP contribution in [0.4, 0.5) is 4.39 Å². The van der Waals surface area contributed by atoms with E-state index in [0.717, 1.165) is 11.1 Å². The highest BCUT2D eigenvalue weighted by Crippen LogP contribution is 2.12. The van der Waals surface area contributed by atoms with Gasteiger partial charge in [0.2, 0.25) is 0 Å². The van der Waals surface area contributed by atoms with Gasteiger partial charge in [-0.25, -0.2) is 9.37 Å². The summed E-state index contributed by atoms with van der Waals surface area (Å²) in [5, 5.41) is 0. The molecule has 0 aliphatic heterocycles. The molecule has 0 spiro atoms. The topological polar surface area (TPSA) is 34.9 Å². The van der Waals surface area contributed by atoms with Crippen molar-refractivity contribution in [3.63, 3.8) is 0 Å². The third-order valence-electron chi connectivity index (χ3n) is 2.81. The summed E-state index contributed by atoms with van der Waals surface area (Å²) < 4.78 is 15.1. The molecule has 0 bridgehead atoms. The van der Waals surface area contributed by atoms with Gasteiger partial charge in [-0.1, -0.05) is 6.07 Å². The Balaban J connectivity index is 2.44. The van der Waals surface area contributed by atoms with E-state index in [1.54, 1.807) is 13.0 Å². The van der Waals surface area contributed by atoms with E-state index in [1.165, 1.54) is 23.0 Å². The normalized spacial score (nSPS) is 10.7.